The van der Waals surface area contributed by atoms with E-state index in [0.29, 0.717) is 0 Å². The Morgan fingerprint density at radius 1 is 1.50 bits per heavy atom. The van der Waals surface area contributed by atoms with Crippen LogP contribution in [0.4, 0.5) is 0 Å². The minimum Gasteiger partial charge on any atom is -0.353 e. The first-order valence-electron chi connectivity index (χ1n) is 4.38. The summed E-state index contributed by atoms with van der Waals surface area (Å²) in [6.45, 7) is 4.44. The molecule has 66 valence electrons. The average Bonchev–Trinajstić information content (AvgIpc) is 2.36. The zero-order chi connectivity index (χ0) is 8.98. The fourth-order valence-electron chi connectivity index (χ4n) is 2.01. The van der Waals surface area contributed by atoms with Crippen LogP contribution in [0.5, 0.6) is 0 Å². The van der Waals surface area contributed by atoms with Gasteiger partial charge in [-0.15, -0.1) is 0 Å². The van der Waals surface area contributed by atoms with Gasteiger partial charge in [0, 0.05) is 18.9 Å². The fraction of sp³-hybridized carbons (Fsp3) is 0.600. The van der Waals surface area contributed by atoms with Gasteiger partial charge in [0.15, 0.2) is 0 Å². The van der Waals surface area contributed by atoms with E-state index < -0.39 is 0 Å². The molecule has 0 aliphatic heterocycles. The standard InChI is InChI=1S/C10H16N2/c1-9(2)7-10(9,11)8-5-4-6-12(8)3/h4-6H,7,11H2,1-3H3. The highest BCUT2D eigenvalue weighted by Crippen LogP contribution is 2.60. The van der Waals surface area contributed by atoms with Crippen molar-refractivity contribution in [2.75, 3.05) is 0 Å². The van der Waals surface area contributed by atoms with E-state index in [1.807, 2.05) is 0 Å². The molecule has 0 bridgehead atoms. The van der Waals surface area contributed by atoms with Crippen LogP contribution in [-0.4, -0.2) is 4.57 Å². The molecule has 0 spiro atoms. The molecule has 2 N–H and O–H groups in total. The quantitative estimate of drug-likeness (QED) is 0.671. The second-order valence-corrected chi connectivity index (χ2v) is 4.54. The zero-order valence-electron chi connectivity index (χ0n) is 7.96. The molecular formula is C10H16N2. The van der Waals surface area contributed by atoms with Crippen molar-refractivity contribution in [3.63, 3.8) is 0 Å². The summed E-state index contributed by atoms with van der Waals surface area (Å²) < 4.78 is 2.12. The maximum absolute atomic E-state index is 6.27. The Kier molecular flexibility index (Phi) is 1.27. The Morgan fingerprint density at radius 3 is 2.42 bits per heavy atom. The first-order valence-corrected chi connectivity index (χ1v) is 4.38. The van der Waals surface area contributed by atoms with Crippen molar-refractivity contribution >= 4 is 0 Å². The van der Waals surface area contributed by atoms with E-state index in [4.69, 9.17) is 5.73 Å². The van der Waals surface area contributed by atoms with Gasteiger partial charge in [-0.2, -0.15) is 0 Å². The van der Waals surface area contributed by atoms with Crippen molar-refractivity contribution in [2.45, 2.75) is 25.8 Å². The number of hydrogen-bond acceptors (Lipinski definition) is 1. The fourth-order valence-corrected chi connectivity index (χ4v) is 2.01. The molecule has 0 radical (unpaired) electrons. The van der Waals surface area contributed by atoms with Crippen LogP contribution in [0.2, 0.25) is 0 Å². The van der Waals surface area contributed by atoms with Gasteiger partial charge in [-0.3, -0.25) is 0 Å². The predicted octanol–water partition coefficient (Wildman–Crippen LogP) is 1.61. The molecule has 12 heavy (non-hydrogen) atoms. The molecule has 2 rings (SSSR count). The highest BCUT2D eigenvalue weighted by atomic mass is 15.0. The lowest BCUT2D eigenvalue weighted by Crippen LogP contribution is -2.27. The Morgan fingerprint density at radius 2 is 2.08 bits per heavy atom. The largest absolute Gasteiger partial charge is 0.353 e. The molecule has 1 atom stereocenters. The minimum atomic E-state index is -0.0781. The van der Waals surface area contributed by atoms with Crippen LogP contribution in [0.25, 0.3) is 0 Å². The van der Waals surface area contributed by atoms with E-state index in [0.717, 1.165) is 6.42 Å². The Labute approximate surface area is 73.4 Å². The zero-order valence-corrected chi connectivity index (χ0v) is 7.96. The van der Waals surface area contributed by atoms with Gasteiger partial charge in [-0.05, 0) is 24.0 Å². The molecule has 1 fully saturated rings. The summed E-state index contributed by atoms with van der Waals surface area (Å²) in [6.07, 6.45) is 3.15. The van der Waals surface area contributed by atoms with Gasteiger partial charge >= 0.3 is 0 Å². The predicted molar refractivity (Wildman–Crippen MR) is 49.7 cm³/mol. The lowest BCUT2D eigenvalue weighted by atomic mass is 10.0. The lowest BCUT2D eigenvalue weighted by molar-refractivity contribution is 0.487. The van der Waals surface area contributed by atoms with Crippen molar-refractivity contribution in [2.24, 2.45) is 18.2 Å². The number of aromatic nitrogens is 1. The molecule has 0 amide bonds. The van der Waals surface area contributed by atoms with Gasteiger partial charge in [0.2, 0.25) is 0 Å². The molecule has 0 aromatic carbocycles. The first kappa shape index (κ1) is 7.87. The molecule has 1 heterocycles. The molecule has 1 aromatic heterocycles. The van der Waals surface area contributed by atoms with Crippen LogP contribution in [-0.2, 0) is 12.6 Å². The monoisotopic (exact) mass is 164 g/mol. The van der Waals surface area contributed by atoms with Gasteiger partial charge in [0.1, 0.15) is 0 Å². The van der Waals surface area contributed by atoms with Crippen molar-refractivity contribution in [1.29, 1.82) is 0 Å². The first-order chi connectivity index (χ1) is 5.47. The van der Waals surface area contributed by atoms with E-state index in [-0.39, 0.29) is 11.0 Å². The molecule has 1 aliphatic rings. The van der Waals surface area contributed by atoms with Crippen molar-refractivity contribution in [3.8, 4) is 0 Å². The SMILES string of the molecule is Cn1cccc1C1(N)CC1(C)C. The van der Waals surface area contributed by atoms with Gasteiger partial charge in [0.25, 0.3) is 0 Å². The third-order valence-corrected chi connectivity index (χ3v) is 3.20. The number of hydrogen-bond donors (Lipinski definition) is 1. The molecular weight excluding hydrogens is 148 g/mol. The summed E-state index contributed by atoms with van der Waals surface area (Å²) in [5.41, 5.74) is 7.73. The van der Waals surface area contributed by atoms with Crippen LogP contribution >= 0.6 is 0 Å². The highest BCUT2D eigenvalue weighted by Gasteiger charge is 2.60. The van der Waals surface area contributed by atoms with Gasteiger partial charge in [-0.25, -0.2) is 0 Å². The number of nitrogens with zero attached hydrogens (tertiary/aromatic N) is 1. The molecule has 1 unspecified atom stereocenters. The van der Waals surface area contributed by atoms with Gasteiger partial charge in [-0.1, -0.05) is 13.8 Å². The smallest absolute Gasteiger partial charge is 0.0621 e. The molecule has 2 nitrogen and oxygen atoms in total. The van der Waals surface area contributed by atoms with E-state index >= 15 is 0 Å². The molecule has 1 saturated carbocycles. The van der Waals surface area contributed by atoms with Crippen LogP contribution < -0.4 is 5.73 Å². The van der Waals surface area contributed by atoms with Crippen molar-refractivity contribution in [1.82, 2.24) is 4.57 Å². The van der Waals surface area contributed by atoms with Crippen LogP contribution in [0.3, 0.4) is 0 Å². The minimum absolute atomic E-state index is 0.0781. The second kappa shape index (κ2) is 1.94. The molecule has 2 heteroatoms. The molecule has 1 aliphatic carbocycles. The number of rotatable bonds is 1. The van der Waals surface area contributed by atoms with Crippen LogP contribution in [0.15, 0.2) is 18.3 Å². The summed E-state index contributed by atoms with van der Waals surface area (Å²) in [7, 11) is 2.05. The maximum atomic E-state index is 6.27. The number of nitrogens with two attached hydrogens (primary N) is 1. The summed E-state index contributed by atoms with van der Waals surface area (Å²) in [4.78, 5) is 0. The Hall–Kier alpha value is -0.760. The van der Waals surface area contributed by atoms with Crippen molar-refractivity contribution < 1.29 is 0 Å². The summed E-state index contributed by atoms with van der Waals surface area (Å²) in [5, 5.41) is 0. The maximum Gasteiger partial charge on any atom is 0.0621 e. The van der Waals surface area contributed by atoms with Crippen LogP contribution in [0.1, 0.15) is 26.0 Å². The summed E-state index contributed by atoms with van der Waals surface area (Å²) in [5.74, 6) is 0. The Bertz CT molecular complexity index is 311. The topological polar surface area (TPSA) is 30.9 Å². The van der Waals surface area contributed by atoms with Gasteiger partial charge in [0.05, 0.1) is 5.54 Å². The van der Waals surface area contributed by atoms with E-state index in [9.17, 15) is 0 Å². The van der Waals surface area contributed by atoms with E-state index in [2.05, 4.69) is 43.8 Å². The van der Waals surface area contributed by atoms with E-state index in [1.165, 1.54) is 5.69 Å². The van der Waals surface area contributed by atoms with Crippen molar-refractivity contribution in [3.05, 3.63) is 24.0 Å². The average molecular weight is 164 g/mol. The summed E-state index contributed by atoms with van der Waals surface area (Å²) in [6, 6.07) is 4.17. The summed E-state index contributed by atoms with van der Waals surface area (Å²) >= 11 is 0. The van der Waals surface area contributed by atoms with Crippen LogP contribution in [0, 0.1) is 5.41 Å². The third-order valence-electron chi connectivity index (χ3n) is 3.20. The molecule has 1 aromatic rings. The third kappa shape index (κ3) is 0.787. The lowest BCUT2D eigenvalue weighted by Gasteiger charge is -2.15. The second-order valence-electron chi connectivity index (χ2n) is 4.54. The highest BCUT2D eigenvalue weighted by molar-refractivity contribution is 5.30. The van der Waals surface area contributed by atoms with E-state index in [1.54, 1.807) is 0 Å². The molecule has 0 saturated heterocycles. The Balaban J connectivity index is 2.40. The van der Waals surface area contributed by atoms with Gasteiger partial charge < -0.3 is 10.3 Å². The normalized spacial score (nSPS) is 32.0. The number of aryl methyl sites for hydroxylation is 1.